The maximum Gasteiger partial charge on any atom is 0.336 e. The summed E-state index contributed by atoms with van der Waals surface area (Å²) >= 11 is 5.99. The number of carboxylic acid groups (broad SMARTS) is 1. The Balaban J connectivity index is 1.68. The number of halogens is 1. The van der Waals surface area contributed by atoms with Crippen LogP contribution in [0.3, 0.4) is 0 Å². The minimum Gasteiger partial charge on any atom is -0.478 e. The second-order valence-electron chi connectivity index (χ2n) is 7.90. The molecule has 1 heterocycles. The number of rotatable bonds is 7. The highest BCUT2D eigenvalue weighted by atomic mass is 35.5. The average molecular weight is 512 g/mol. The van der Waals surface area contributed by atoms with E-state index in [1.807, 2.05) is 0 Å². The third-order valence-electron chi connectivity index (χ3n) is 5.60. The number of hydrogen-bond donors (Lipinski definition) is 2. The van der Waals surface area contributed by atoms with Crippen molar-refractivity contribution in [1.82, 2.24) is 9.73 Å². The number of carbonyl (C=O) groups is 2. The molecule has 1 fully saturated rings. The molecule has 35 heavy (non-hydrogen) atoms. The molecule has 1 amide bonds. The number of nitrogens with one attached hydrogen (secondary N) is 1. The lowest BCUT2D eigenvalue weighted by atomic mass is 9.97. The molecule has 1 aliphatic rings. The first-order valence-electron chi connectivity index (χ1n) is 10.8. The molecule has 8 nitrogen and oxygen atoms in total. The number of benzene rings is 3. The number of hydrazone groups is 1. The van der Waals surface area contributed by atoms with Gasteiger partial charge in [-0.2, -0.15) is 9.41 Å². The Morgan fingerprint density at radius 3 is 2.20 bits per heavy atom. The van der Waals surface area contributed by atoms with Crippen LogP contribution >= 0.6 is 11.6 Å². The molecule has 0 bridgehead atoms. The number of carbonyl (C=O) groups excluding carboxylic acids is 1. The molecule has 0 saturated carbocycles. The summed E-state index contributed by atoms with van der Waals surface area (Å²) in [5.41, 5.74) is 3.61. The summed E-state index contributed by atoms with van der Waals surface area (Å²) in [7, 11) is -3.69. The molecule has 1 saturated heterocycles. The number of amides is 1. The second kappa shape index (κ2) is 10.4. The quantitative estimate of drug-likeness (QED) is 0.367. The van der Waals surface area contributed by atoms with E-state index in [2.05, 4.69) is 10.5 Å². The predicted octanol–water partition coefficient (Wildman–Crippen LogP) is 4.01. The molecule has 0 radical (unpaired) electrons. The number of aromatic carboxylic acids is 1. The molecule has 1 aliphatic heterocycles. The van der Waals surface area contributed by atoms with E-state index in [0.717, 1.165) is 12.8 Å². The fourth-order valence-electron chi connectivity index (χ4n) is 3.81. The summed E-state index contributed by atoms with van der Waals surface area (Å²) in [6, 6.07) is 18.6. The largest absolute Gasteiger partial charge is 0.478 e. The Labute approximate surface area is 207 Å². The van der Waals surface area contributed by atoms with E-state index in [-0.39, 0.29) is 21.7 Å². The fourth-order valence-corrected chi connectivity index (χ4v) is 5.50. The molecule has 3 aromatic rings. The molecule has 0 unspecified atom stereocenters. The lowest BCUT2D eigenvalue weighted by molar-refractivity contribution is 0.0696. The van der Waals surface area contributed by atoms with E-state index in [0.29, 0.717) is 29.2 Å². The van der Waals surface area contributed by atoms with Gasteiger partial charge in [0.15, 0.2) is 0 Å². The van der Waals surface area contributed by atoms with Crippen LogP contribution in [0.25, 0.3) is 0 Å². The maximum atomic E-state index is 12.9. The molecule has 2 N–H and O–H groups in total. The molecule has 0 atom stereocenters. The fraction of sp³-hybridized carbons (Fsp3) is 0.160. The second-order valence-corrected chi connectivity index (χ2v) is 10.3. The summed E-state index contributed by atoms with van der Waals surface area (Å²) in [4.78, 5) is 24.7. The van der Waals surface area contributed by atoms with Gasteiger partial charge in [0.2, 0.25) is 10.0 Å². The maximum absolute atomic E-state index is 12.9. The minimum absolute atomic E-state index is 0.00847. The van der Waals surface area contributed by atoms with Crippen molar-refractivity contribution in [3.63, 3.8) is 0 Å². The van der Waals surface area contributed by atoms with Gasteiger partial charge in [0.25, 0.3) is 5.91 Å². The standard InChI is InChI=1S/C25H22ClN3O5S/c26-19-12-10-17(11-13-19)23(21-8-1-2-9-22(21)25(31)32)27-28-24(30)18-6-5-7-20(16-18)35(33,34)29-14-3-4-15-29/h1-2,5-13,16H,3-4,14-15H2,(H,28,30)(H,31,32). The van der Waals surface area contributed by atoms with E-state index in [1.54, 1.807) is 42.5 Å². The van der Waals surface area contributed by atoms with E-state index in [9.17, 15) is 23.1 Å². The molecule has 180 valence electrons. The lowest BCUT2D eigenvalue weighted by Crippen LogP contribution is -2.28. The number of nitrogens with zero attached hydrogens (tertiary/aromatic N) is 2. The van der Waals surface area contributed by atoms with Crippen LogP contribution in [0, 0.1) is 0 Å². The van der Waals surface area contributed by atoms with E-state index in [1.165, 1.54) is 34.6 Å². The first kappa shape index (κ1) is 24.6. The van der Waals surface area contributed by atoms with Crippen molar-refractivity contribution >= 4 is 39.2 Å². The van der Waals surface area contributed by atoms with Crippen LogP contribution in [-0.2, 0) is 10.0 Å². The molecule has 10 heteroatoms. The number of hydrogen-bond acceptors (Lipinski definition) is 5. The van der Waals surface area contributed by atoms with E-state index in [4.69, 9.17) is 11.6 Å². The molecule has 3 aromatic carbocycles. The zero-order valence-corrected chi connectivity index (χ0v) is 20.1. The summed E-state index contributed by atoms with van der Waals surface area (Å²) in [6.45, 7) is 0.910. The average Bonchev–Trinajstić information content (AvgIpc) is 3.41. The van der Waals surface area contributed by atoms with E-state index >= 15 is 0 Å². The highest BCUT2D eigenvalue weighted by molar-refractivity contribution is 7.89. The van der Waals surface area contributed by atoms with Crippen molar-refractivity contribution in [1.29, 1.82) is 0 Å². The van der Waals surface area contributed by atoms with Crippen LogP contribution in [0.2, 0.25) is 5.02 Å². The normalized spacial score (nSPS) is 14.6. The number of carboxylic acids is 1. The van der Waals surface area contributed by atoms with Gasteiger partial charge in [0.05, 0.1) is 16.2 Å². The van der Waals surface area contributed by atoms with Crippen LogP contribution < -0.4 is 5.43 Å². The van der Waals surface area contributed by atoms with Gasteiger partial charge in [-0.25, -0.2) is 18.6 Å². The van der Waals surface area contributed by atoms with Gasteiger partial charge in [-0.05, 0) is 49.2 Å². The smallest absolute Gasteiger partial charge is 0.336 e. The topological polar surface area (TPSA) is 116 Å². The van der Waals surface area contributed by atoms with Crippen LogP contribution in [-0.4, -0.2) is 48.5 Å². The Kier molecular flexibility index (Phi) is 7.30. The molecule has 0 aromatic heterocycles. The van der Waals surface area contributed by atoms with Crippen molar-refractivity contribution in [3.05, 3.63) is 100 Å². The monoisotopic (exact) mass is 511 g/mol. The third-order valence-corrected chi connectivity index (χ3v) is 7.75. The van der Waals surface area contributed by atoms with Gasteiger partial charge in [-0.15, -0.1) is 0 Å². The van der Waals surface area contributed by atoms with Crippen LogP contribution in [0.15, 0.2) is 82.8 Å². The zero-order chi connectivity index (χ0) is 25.0. The molecular weight excluding hydrogens is 490 g/mol. The van der Waals surface area contributed by atoms with Gasteiger partial charge in [0, 0.05) is 34.8 Å². The summed E-state index contributed by atoms with van der Waals surface area (Å²) < 4.78 is 27.2. The molecule has 0 aliphatic carbocycles. The van der Waals surface area contributed by atoms with Gasteiger partial charge < -0.3 is 5.11 Å². The first-order valence-corrected chi connectivity index (χ1v) is 12.7. The van der Waals surface area contributed by atoms with E-state index < -0.39 is 21.9 Å². The van der Waals surface area contributed by atoms with Gasteiger partial charge in [-0.3, -0.25) is 4.79 Å². The van der Waals surface area contributed by atoms with Crippen molar-refractivity contribution in [2.24, 2.45) is 5.10 Å². The summed E-state index contributed by atoms with van der Waals surface area (Å²) in [6.07, 6.45) is 1.61. The third kappa shape index (κ3) is 5.43. The van der Waals surface area contributed by atoms with Crippen LogP contribution in [0.1, 0.15) is 44.7 Å². The molecule has 4 rings (SSSR count). The van der Waals surface area contributed by atoms with Gasteiger partial charge >= 0.3 is 5.97 Å². The lowest BCUT2D eigenvalue weighted by Gasteiger charge is -2.16. The van der Waals surface area contributed by atoms with Crippen molar-refractivity contribution in [2.45, 2.75) is 17.7 Å². The summed E-state index contributed by atoms with van der Waals surface area (Å²) in [5, 5.41) is 14.4. The van der Waals surface area contributed by atoms with Crippen molar-refractivity contribution < 1.29 is 23.1 Å². The van der Waals surface area contributed by atoms with Crippen molar-refractivity contribution in [2.75, 3.05) is 13.1 Å². The first-order chi connectivity index (χ1) is 16.8. The van der Waals surface area contributed by atoms with Gasteiger partial charge in [-0.1, -0.05) is 48.0 Å². The SMILES string of the molecule is O=C(NN=C(c1ccc(Cl)cc1)c1ccccc1C(=O)O)c1cccc(S(=O)(=O)N2CCCC2)c1. The predicted molar refractivity (Wildman–Crippen MR) is 132 cm³/mol. The van der Waals surface area contributed by atoms with Crippen LogP contribution in [0.5, 0.6) is 0 Å². The molecular formula is C25H22ClN3O5S. The Hall–Kier alpha value is -3.53. The summed E-state index contributed by atoms with van der Waals surface area (Å²) in [5.74, 6) is -1.78. The zero-order valence-electron chi connectivity index (χ0n) is 18.5. The highest BCUT2D eigenvalue weighted by Gasteiger charge is 2.27. The molecule has 0 spiro atoms. The Morgan fingerprint density at radius 1 is 0.886 bits per heavy atom. The highest BCUT2D eigenvalue weighted by Crippen LogP contribution is 2.22. The Bertz CT molecular complexity index is 1400. The minimum atomic E-state index is -3.69. The van der Waals surface area contributed by atoms with Crippen LogP contribution in [0.4, 0.5) is 0 Å². The Morgan fingerprint density at radius 2 is 1.54 bits per heavy atom. The van der Waals surface area contributed by atoms with Crippen molar-refractivity contribution in [3.8, 4) is 0 Å². The van der Waals surface area contributed by atoms with Gasteiger partial charge in [0.1, 0.15) is 0 Å². The number of sulfonamides is 1.